The summed E-state index contributed by atoms with van der Waals surface area (Å²) in [5.41, 5.74) is 0.955. The molecular weight excluding hydrogens is 206 g/mol. The quantitative estimate of drug-likeness (QED) is 0.635. The van der Waals surface area contributed by atoms with Crippen LogP contribution in [0.3, 0.4) is 0 Å². The first-order valence-corrected chi connectivity index (χ1v) is 7.20. The molecule has 0 aliphatic carbocycles. The van der Waals surface area contributed by atoms with Crippen LogP contribution in [-0.4, -0.2) is 31.7 Å². The van der Waals surface area contributed by atoms with Crippen LogP contribution in [0.25, 0.3) is 0 Å². The Hall–Kier alpha value is -0.0400. The fourth-order valence-electron chi connectivity index (χ4n) is 3.68. The van der Waals surface area contributed by atoms with Crippen molar-refractivity contribution in [3.63, 3.8) is 0 Å². The standard InChI is InChI=1S/C16H34N/c1-15(2,3)9-13-11-17(7,8)12-14(13)10-16(4,5)6/h13-14H,9-12H2,1-8H3/q+1. The Morgan fingerprint density at radius 2 is 1.06 bits per heavy atom. The second-order valence-corrected chi connectivity index (χ2v) is 9.35. The van der Waals surface area contributed by atoms with Crippen LogP contribution < -0.4 is 0 Å². The maximum atomic E-state index is 2.40. The average molecular weight is 240 g/mol. The van der Waals surface area contributed by atoms with Gasteiger partial charge in [-0.1, -0.05) is 41.5 Å². The fraction of sp³-hybridized carbons (Fsp3) is 1.00. The van der Waals surface area contributed by atoms with Gasteiger partial charge in [-0.05, 0) is 23.7 Å². The van der Waals surface area contributed by atoms with Gasteiger partial charge in [0, 0.05) is 11.8 Å². The summed E-state index contributed by atoms with van der Waals surface area (Å²) in [6.45, 7) is 17.1. The molecule has 2 unspecified atom stereocenters. The highest BCUT2D eigenvalue weighted by atomic mass is 15.3. The lowest BCUT2D eigenvalue weighted by molar-refractivity contribution is -0.880. The number of likely N-dealkylation sites (tertiary alicyclic amines) is 1. The van der Waals surface area contributed by atoms with Gasteiger partial charge in [0.05, 0.1) is 27.2 Å². The van der Waals surface area contributed by atoms with Crippen molar-refractivity contribution in [1.82, 2.24) is 0 Å². The number of nitrogens with zero attached hydrogens (tertiary/aromatic N) is 1. The summed E-state index contributed by atoms with van der Waals surface area (Å²) in [5.74, 6) is 1.84. The van der Waals surface area contributed by atoms with E-state index in [4.69, 9.17) is 0 Å². The van der Waals surface area contributed by atoms with Gasteiger partial charge in [0.2, 0.25) is 0 Å². The summed E-state index contributed by atoms with van der Waals surface area (Å²) in [5, 5.41) is 0. The molecule has 1 heteroatoms. The third-order valence-corrected chi connectivity index (χ3v) is 3.87. The van der Waals surface area contributed by atoms with E-state index in [-0.39, 0.29) is 0 Å². The van der Waals surface area contributed by atoms with Gasteiger partial charge < -0.3 is 4.48 Å². The summed E-state index contributed by atoms with van der Waals surface area (Å²) in [7, 11) is 4.80. The zero-order valence-electron chi connectivity index (χ0n) is 13.4. The number of hydrogen-bond acceptors (Lipinski definition) is 0. The van der Waals surface area contributed by atoms with Crippen LogP contribution in [0, 0.1) is 22.7 Å². The molecule has 0 aromatic carbocycles. The number of hydrogen-bond donors (Lipinski definition) is 0. The van der Waals surface area contributed by atoms with Gasteiger partial charge >= 0.3 is 0 Å². The molecular formula is C16H34N+. The van der Waals surface area contributed by atoms with E-state index in [9.17, 15) is 0 Å². The van der Waals surface area contributed by atoms with E-state index in [0.29, 0.717) is 10.8 Å². The first-order chi connectivity index (χ1) is 7.38. The lowest BCUT2D eigenvalue weighted by Gasteiger charge is -2.28. The maximum Gasteiger partial charge on any atom is 0.0816 e. The van der Waals surface area contributed by atoms with Crippen molar-refractivity contribution >= 4 is 0 Å². The van der Waals surface area contributed by atoms with E-state index >= 15 is 0 Å². The molecule has 2 atom stereocenters. The van der Waals surface area contributed by atoms with Crippen LogP contribution in [0.2, 0.25) is 0 Å². The van der Waals surface area contributed by atoms with Crippen LogP contribution in [0.1, 0.15) is 54.4 Å². The van der Waals surface area contributed by atoms with Crippen LogP contribution in [0.15, 0.2) is 0 Å². The van der Waals surface area contributed by atoms with Crippen molar-refractivity contribution in [3.8, 4) is 0 Å². The van der Waals surface area contributed by atoms with Gasteiger partial charge in [-0.25, -0.2) is 0 Å². The van der Waals surface area contributed by atoms with Crippen LogP contribution in [0.4, 0.5) is 0 Å². The summed E-state index contributed by atoms with van der Waals surface area (Å²) in [4.78, 5) is 0. The van der Waals surface area contributed by atoms with E-state index in [1.54, 1.807) is 0 Å². The minimum atomic E-state index is 0.477. The zero-order valence-corrected chi connectivity index (χ0v) is 13.4. The smallest absolute Gasteiger partial charge is 0.0816 e. The highest BCUT2D eigenvalue weighted by Gasteiger charge is 2.42. The van der Waals surface area contributed by atoms with Crippen LogP contribution in [-0.2, 0) is 0 Å². The number of rotatable bonds is 2. The molecule has 1 nitrogen and oxygen atoms in total. The Bertz CT molecular complexity index is 226. The SMILES string of the molecule is CC(C)(C)CC1C[N+](C)(C)CC1CC(C)(C)C. The third kappa shape index (κ3) is 5.42. The van der Waals surface area contributed by atoms with Gasteiger partial charge in [0.25, 0.3) is 0 Å². The van der Waals surface area contributed by atoms with Crippen molar-refractivity contribution in [3.05, 3.63) is 0 Å². The summed E-state index contributed by atoms with van der Waals surface area (Å²) in [6.07, 6.45) is 2.77. The second-order valence-electron chi connectivity index (χ2n) is 9.35. The molecule has 0 N–H and O–H groups in total. The molecule has 1 aliphatic rings. The van der Waals surface area contributed by atoms with E-state index in [0.717, 1.165) is 11.8 Å². The molecule has 0 bridgehead atoms. The molecule has 0 saturated carbocycles. The Labute approximate surface area is 109 Å². The van der Waals surface area contributed by atoms with E-state index in [1.807, 2.05) is 0 Å². The van der Waals surface area contributed by atoms with Crippen molar-refractivity contribution in [2.24, 2.45) is 22.7 Å². The van der Waals surface area contributed by atoms with Gasteiger partial charge in [0.15, 0.2) is 0 Å². The van der Waals surface area contributed by atoms with E-state index in [2.05, 4.69) is 55.6 Å². The molecule has 1 heterocycles. The Morgan fingerprint density at radius 1 is 0.765 bits per heavy atom. The minimum Gasteiger partial charge on any atom is -0.328 e. The van der Waals surface area contributed by atoms with Crippen molar-refractivity contribution < 1.29 is 4.48 Å². The highest BCUT2D eigenvalue weighted by Crippen LogP contribution is 2.41. The van der Waals surface area contributed by atoms with Gasteiger partial charge in [-0.2, -0.15) is 0 Å². The maximum absolute atomic E-state index is 2.40. The summed E-state index contributed by atoms with van der Waals surface area (Å²) < 4.78 is 1.22. The normalized spacial score (nSPS) is 29.6. The first-order valence-electron chi connectivity index (χ1n) is 7.20. The predicted octanol–water partition coefficient (Wildman–Crippen LogP) is 4.18. The molecule has 102 valence electrons. The molecule has 1 aliphatic heterocycles. The lowest BCUT2D eigenvalue weighted by atomic mass is 9.74. The Balaban J connectivity index is 2.72. The van der Waals surface area contributed by atoms with Gasteiger partial charge in [-0.15, -0.1) is 0 Å². The molecule has 1 saturated heterocycles. The average Bonchev–Trinajstić information content (AvgIpc) is 2.17. The topological polar surface area (TPSA) is 0 Å². The molecule has 1 fully saturated rings. The molecule has 0 aromatic heterocycles. The Kier molecular flexibility index (Phi) is 4.04. The van der Waals surface area contributed by atoms with E-state index in [1.165, 1.54) is 30.4 Å². The second kappa shape index (κ2) is 4.57. The van der Waals surface area contributed by atoms with Gasteiger partial charge in [-0.3, -0.25) is 0 Å². The van der Waals surface area contributed by atoms with Crippen LogP contribution in [0.5, 0.6) is 0 Å². The summed E-state index contributed by atoms with van der Waals surface area (Å²) in [6, 6.07) is 0. The molecule has 0 amide bonds. The monoisotopic (exact) mass is 240 g/mol. The molecule has 0 spiro atoms. The number of quaternary nitrogens is 1. The fourth-order valence-corrected chi connectivity index (χ4v) is 3.68. The third-order valence-electron chi connectivity index (χ3n) is 3.87. The van der Waals surface area contributed by atoms with Crippen molar-refractivity contribution in [2.45, 2.75) is 54.4 Å². The first kappa shape index (κ1) is 15.0. The summed E-state index contributed by atoms with van der Waals surface area (Å²) >= 11 is 0. The minimum absolute atomic E-state index is 0.477. The van der Waals surface area contributed by atoms with Gasteiger partial charge in [0.1, 0.15) is 0 Å². The predicted molar refractivity (Wildman–Crippen MR) is 77.0 cm³/mol. The zero-order chi connectivity index (χ0) is 13.5. The molecule has 1 rings (SSSR count). The molecule has 0 radical (unpaired) electrons. The van der Waals surface area contributed by atoms with Crippen molar-refractivity contribution in [2.75, 3.05) is 27.2 Å². The van der Waals surface area contributed by atoms with Crippen molar-refractivity contribution in [1.29, 1.82) is 0 Å². The molecule has 0 aromatic rings. The van der Waals surface area contributed by atoms with E-state index < -0.39 is 0 Å². The Morgan fingerprint density at radius 3 is 1.29 bits per heavy atom. The lowest BCUT2D eigenvalue weighted by Crippen LogP contribution is -2.37. The molecule has 17 heavy (non-hydrogen) atoms. The highest BCUT2D eigenvalue weighted by molar-refractivity contribution is 4.83. The van der Waals surface area contributed by atoms with Crippen LogP contribution >= 0.6 is 0 Å². The largest absolute Gasteiger partial charge is 0.328 e.